The van der Waals surface area contributed by atoms with Gasteiger partial charge in [-0.25, -0.2) is 4.39 Å². The summed E-state index contributed by atoms with van der Waals surface area (Å²) in [5, 5.41) is 14.8. The summed E-state index contributed by atoms with van der Waals surface area (Å²) in [6, 6.07) is 16.1. The van der Waals surface area contributed by atoms with Crippen LogP contribution in [0.25, 0.3) is 5.70 Å². The minimum atomic E-state index is -0.386. The number of rotatable bonds is 2. The minimum absolute atomic E-state index is 0.278. The van der Waals surface area contributed by atoms with E-state index in [4.69, 9.17) is 0 Å². The van der Waals surface area contributed by atoms with Crippen molar-refractivity contribution in [1.29, 1.82) is 0 Å². The van der Waals surface area contributed by atoms with Crippen LogP contribution in [0.3, 0.4) is 0 Å². The molecule has 1 N–H and O–H groups in total. The molecule has 0 radical (unpaired) electrons. The predicted octanol–water partition coefficient (Wildman–Crippen LogP) is 2.87. The van der Waals surface area contributed by atoms with Gasteiger partial charge in [0.2, 0.25) is 5.95 Å². The summed E-state index contributed by atoms with van der Waals surface area (Å²) in [5.74, 6) is 0.217. The normalized spacial score (nSPS) is 16.6. The zero-order valence-electron chi connectivity index (χ0n) is 11.5. The molecule has 22 heavy (non-hydrogen) atoms. The molecule has 5 nitrogen and oxygen atoms in total. The maximum Gasteiger partial charge on any atom is 0.248 e. The number of hydrogen-bond donors (Lipinski definition) is 1. The summed E-state index contributed by atoms with van der Waals surface area (Å²) in [6.07, 6.45) is 1.93. The first-order valence-corrected chi connectivity index (χ1v) is 6.89. The minimum Gasteiger partial charge on any atom is -0.323 e. The van der Waals surface area contributed by atoms with Crippen LogP contribution in [0, 0.1) is 5.82 Å². The molecule has 0 saturated heterocycles. The van der Waals surface area contributed by atoms with Crippen molar-refractivity contribution in [3.8, 4) is 0 Å². The summed E-state index contributed by atoms with van der Waals surface area (Å²) in [7, 11) is 0. The Kier molecular flexibility index (Phi) is 2.93. The van der Waals surface area contributed by atoms with Gasteiger partial charge in [0.15, 0.2) is 0 Å². The number of benzene rings is 2. The number of nitrogens with one attached hydrogen (secondary N) is 1. The van der Waals surface area contributed by atoms with E-state index in [1.807, 2.05) is 36.4 Å². The Hall–Kier alpha value is -3.02. The number of tetrazole rings is 1. The lowest BCUT2D eigenvalue weighted by Gasteiger charge is -2.23. The van der Waals surface area contributed by atoms with E-state index >= 15 is 0 Å². The van der Waals surface area contributed by atoms with Gasteiger partial charge in [0.05, 0.1) is 0 Å². The van der Waals surface area contributed by atoms with Gasteiger partial charge in [-0.3, -0.25) is 0 Å². The molecule has 0 bridgehead atoms. The summed E-state index contributed by atoms with van der Waals surface area (Å²) in [6.45, 7) is 0. The van der Waals surface area contributed by atoms with Gasteiger partial charge in [-0.2, -0.15) is 4.68 Å². The predicted molar refractivity (Wildman–Crippen MR) is 80.4 cm³/mol. The fourth-order valence-electron chi connectivity index (χ4n) is 2.58. The van der Waals surface area contributed by atoms with E-state index in [-0.39, 0.29) is 11.9 Å². The highest BCUT2D eigenvalue weighted by Gasteiger charge is 2.25. The molecule has 0 aliphatic carbocycles. The fourth-order valence-corrected chi connectivity index (χ4v) is 2.58. The van der Waals surface area contributed by atoms with Gasteiger partial charge in [-0.05, 0) is 28.1 Å². The van der Waals surface area contributed by atoms with Crippen LogP contribution in [0.2, 0.25) is 0 Å². The van der Waals surface area contributed by atoms with Gasteiger partial charge in [-0.15, -0.1) is 0 Å². The zero-order valence-corrected chi connectivity index (χ0v) is 11.5. The Balaban J connectivity index is 1.86. The maximum absolute atomic E-state index is 14.2. The lowest BCUT2D eigenvalue weighted by molar-refractivity contribution is 0.540. The van der Waals surface area contributed by atoms with Crippen LogP contribution in [-0.4, -0.2) is 20.2 Å². The molecule has 2 aromatic carbocycles. The smallest absolute Gasteiger partial charge is 0.248 e. The van der Waals surface area contributed by atoms with Crippen molar-refractivity contribution in [2.45, 2.75) is 6.04 Å². The molecular weight excluding hydrogens is 281 g/mol. The van der Waals surface area contributed by atoms with Crippen LogP contribution in [0.5, 0.6) is 0 Å². The van der Waals surface area contributed by atoms with Crippen LogP contribution in [0.4, 0.5) is 10.3 Å². The van der Waals surface area contributed by atoms with Crippen LogP contribution in [-0.2, 0) is 0 Å². The van der Waals surface area contributed by atoms with Crippen molar-refractivity contribution in [3.05, 3.63) is 77.6 Å². The summed E-state index contributed by atoms with van der Waals surface area (Å²) in [4.78, 5) is 0. The lowest BCUT2D eigenvalue weighted by atomic mass is 10.0. The first-order valence-electron chi connectivity index (χ1n) is 6.89. The summed E-state index contributed by atoms with van der Waals surface area (Å²) >= 11 is 0. The van der Waals surface area contributed by atoms with E-state index in [1.54, 1.807) is 22.9 Å². The fraction of sp³-hybridized carbons (Fsp3) is 0.0625. The molecule has 2 heterocycles. The number of nitrogens with zero attached hydrogens (tertiary/aromatic N) is 4. The van der Waals surface area contributed by atoms with E-state index in [9.17, 15) is 4.39 Å². The van der Waals surface area contributed by atoms with E-state index < -0.39 is 0 Å². The van der Waals surface area contributed by atoms with E-state index in [1.165, 1.54) is 6.07 Å². The van der Waals surface area contributed by atoms with Gasteiger partial charge < -0.3 is 5.32 Å². The van der Waals surface area contributed by atoms with Gasteiger partial charge in [0.25, 0.3) is 0 Å². The quantitative estimate of drug-likeness (QED) is 0.789. The van der Waals surface area contributed by atoms with Crippen molar-refractivity contribution < 1.29 is 4.39 Å². The Labute approximate surface area is 126 Å². The van der Waals surface area contributed by atoms with E-state index in [0.29, 0.717) is 11.5 Å². The second-order valence-electron chi connectivity index (χ2n) is 4.98. The molecule has 0 amide bonds. The van der Waals surface area contributed by atoms with Crippen LogP contribution in [0.15, 0.2) is 60.7 Å². The van der Waals surface area contributed by atoms with Crippen LogP contribution >= 0.6 is 0 Å². The Morgan fingerprint density at radius 1 is 1.00 bits per heavy atom. The van der Waals surface area contributed by atoms with Crippen LogP contribution < -0.4 is 5.32 Å². The highest BCUT2D eigenvalue weighted by Crippen LogP contribution is 2.32. The second kappa shape index (κ2) is 5.07. The molecule has 1 aliphatic rings. The first-order chi connectivity index (χ1) is 10.8. The molecular formula is C16H12FN5. The van der Waals surface area contributed by atoms with Crippen LogP contribution in [0.1, 0.15) is 17.2 Å². The molecule has 0 fully saturated rings. The third-order valence-corrected chi connectivity index (χ3v) is 3.64. The number of anilines is 1. The maximum atomic E-state index is 14.2. The highest BCUT2D eigenvalue weighted by molar-refractivity contribution is 5.76. The van der Waals surface area contributed by atoms with E-state index in [0.717, 1.165) is 11.3 Å². The number of halogens is 1. The first kappa shape index (κ1) is 12.7. The Morgan fingerprint density at radius 2 is 1.77 bits per heavy atom. The molecule has 1 atom stereocenters. The lowest BCUT2D eigenvalue weighted by Crippen LogP contribution is -2.21. The SMILES string of the molecule is Fc1ccccc1[C@@H]1C=C(c2ccccc2)Nc2nnnn21. The van der Waals surface area contributed by atoms with Crippen molar-refractivity contribution in [2.75, 3.05) is 5.32 Å². The molecule has 3 aromatic rings. The third-order valence-electron chi connectivity index (χ3n) is 3.64. The van der Waals surface area contributed by atoms with Crippen molar-refractivity contribution in [3.63, 3.8) is 0 Å². The summed E-state index contributed by atoms with van der Waals surface area (Å²) in [5.41, 5.74) is 2.39. The molecule has 0 unspecified atom stereocenters. The molecule has 1 aliphatic heterocycles. The summed E-state index contributed by atoms with van der Waals surface area (Å²) < 4.78 is 15.7. The largest absolute Gasteiger partial charge is 0.323 e. The number of fused-ring (bicyclic) bond motifs is 1. The Bertz CT molecular complexity index is 841. The molecule has 108 valence electrons. The number of allylic oxidation sites excluding steroid dienone is 1. The molecule has 1 aromatic heterocycles. The molecule has 0 saturated carbocycles. The van der Waals surface area contributed by atoms with Crippen molar-refractivity contribution in [1.82, 2.24) is 20.2 Å². The van der Waals surface area contributed by atoms with Gasteiger partial charge in [-0.1, -0.05) is 53.6 Å². The molecule has 6 heteroatoms. The monoisotopic (exact) mass is 293 g/mol. The molecule has 4 rings (SSSR count). The number of hydrogen-bond acceptors (Lipinski definition) is 4. The van der Waals surface area contributed by atoms with Gasteiger partial charge in [0, 0.05) is 11.3 Å². The Morgan fingerprint density at radius 3 is 2.59 bits per heavy atom. The van der Waals surface area contributed by atoms with Crippen molar-refractivity contribution >= 4 is 11.6 Å². The van der Waals surface area contributed by atoms with Crippen molar-refractivity contribution in [2.24, 2.45) is 0 Å². The average Bonchev–Trinajstić information content (AvgIpc) is 3.04. The number of aromatic nitrogens is 4. The topological polar surface area (TPSA) is 55.6 Å². The second-order valence-corrected chi connectivity index (χ2v) is 4.98. The standard InChI is InChI=1S/C16H12FN5/c17-13-9-5-4-8-12(13)15-10-14(11-6-2-1-3-7-11)18-16-19-20-21-22(15)16/h1-10,15H,(H,18,19,21)/t15-/m0/s1. The molecule has 0 spiro atoms. The highest BCUT2D eigenvalue weighted by atomic mass is 19.1. The zero-order chi connectivity index (χ0) is 14.9. The van der Waals surface area contributed by atoms with Gasteiger partial charge >= 0.3 is 0 Å². The average molecular weight is 293 g/mol. The van der Waals surface area contributed by atoms with Gasteiger partial charge in [0.1, 0.15) is 11.9 Å². The third kappa shape index (κ3) is 2.05. The van der Waals surface area contributed by atoms with E-state index in [2.05, 4.69) is 20.8 Å².